The number of nitrogens with zero attached hydrogens (tertiary/aromatic N) is 1. The van der Waals surface area contributed by atoms with Gasteiger partial charge in [-0.2, -0.15) is 0 Å². The zero-order chi connectivity index (χ0) is 23.3. The number of amides is 1. The SMILES string of the molecule is COc1cc2c(cc1S(=O)(=O)c1ccc(C)cc1)[C@@H](N1CCCCC1=O)[C@H](O)C(C)(C)O2. The molecule has 0 spiro atoms. The number of aryl methyl sites for hydroxylation is 1. The number of aliphatic hydroxyl groups excluding tert-OH is 1. The Labute approximate surface area is 188 Å². The predicted molar refractivity (Wildman–Crippen MR) is 119 cm³/mol. The number of hydrogen-bond donors (Lipinski definition) is 1. The first-order chi connectivity index (χ1) is 15.1. The molecule has 172 valence electrons. The van der Waals surface area contributed by atoms with E-state index in [4.69, 9.17) is 9.47 Å². The topological polar surface area (TPSA) is 93.1 Å². The zero-order valence-corrected chi connectivity index (χ0v) is 19.6. The highest BCUT2D eigenvalue weighted by molar-refractivity contribution is 7.91. The standard InChI is InChI=1S/C24H29NO6S/c1-15-8-10-16(11-9-15)32(28,29)20-13-17-18(14-19(20)30-4)31-24(2,3)23(27)22(17)25-12-6-5-7-21(25)26/h8-11,13-14,22-23,27H,5-7,12H2,1-4H3/t22-,23+/m1/s1. The molecule has 0 bridgehead atoms. The van der Waals surface area contributed by atoms with Gasteiger partial charge in [0.05, 0.1) is 18.0 Å². The smallest absolute Gasteiger partial charge is 0.223 e. The van der Waals surface area contributed by atoms with Gasteiger partial charge in [0.2, 0.25) is 15.7 Å². The number of rotatable bonds is 4. The molecule has 0 radical (unpaired) electrons. The summed E-state index contributed by atoms with van der Waals surface area (Å²) in [5.41, 5.74) is 0.444. The van der Waals surface area contributed by atoms with Crippen LogP contribution < -0.4 is 9.47 Å². The second kappa shape index (κ2) is 8.08. The number of aliphatic hydroxyl groups is 1. The quantitative estimate of drug-likeness (QED) is 0.753. The van der Waals surface area contributed by atoms with Gasteiger partial charge in [-0.25, -0.2) is 8.42 Å². The Hall–Kier alpha value is -2.58. The second-order valence-corrected chi connectivity index (χ2v) is 10.9. The Morgan fingerprint density at radius 1 is 1.16 bits per heavy atom. The minimum atomic E-state index is -3.91. The number of likely N-dealkylation sites (tertiary alicyclic amines) is 1. The van der Waals surface area contributed by atoms with Gasteiger partial charge in [0.15, 0.2) is 0 Å². The van der Waals surface area contributed by atoms with Crippen molar-refractivity contribution >= 4 is 15.7 Å². The van der Waals surface area contributed by atoms with Gasteiger partial charge in [-0.1, -0.05) is 17.7 Å². The van der Waals surface area contributed by atoms with Crippen LogP contribution in [0.3, 0.4) is 0 Å². The van der Waals surface area contributed by atoms with E-state index in [0.717, 1.165) is 18.4 Å². The summed E-state index contributed by atoms with van der Waals surface area (Å²) in [6, 6.07) is 8.93. The zero-order valence-electron chi connectivity index (χ0n) is 18.8. The van der Waals surface area contributed by atoms with E-state index in [1.54, 1.807) is 49.1 Å². The number of sulfone groups is 1. The van der Waals surface area contributed by atoms with Crippen molar-refractivity contribution in [2.45, 2.75) is 67.6 Å². The fourth-order valence-corrected chi connectivity index (χ4v) is 5.88. The molecule has 2 aromatic rings. The molecule has 2 atom stereocenters. The normalized spacial score (nSPS) is 22.8. The van der Waals surface area contributed by atoms with E-state index in [1.807, 2.05) is 6.92 Å². The molecule has 1 amide bonds. The molecule has 1 saturated heterocycles. The lowest BCUT2D eigenvalue weighted by Crippen LogP contribution is -2.55. The molecule has 7 nitrogen and oxygen atoms in total. The second-order valence-electron chi connectivity index (χ2n) is 9.00. The monoisotopic (exact) mass is 459 g/mol. The third-order valence-electron chi connectivity index (χ3n) is 6.32. The summed E-state index contributed by atoms with van der Waals surface area (Å²) < 4.78 is 38.5. The fourth-order valence-electron chi connectivity index (χ4n) is 4.44. The summed E-state index contributed by atoms with van der Waals surface area (Å²) in [4.78, 5) is 14.5. The molecule has 2 heterocycles. The van der Waals surface area contributed by atoms with Gasteiger partial charge in [-0.05, 0) is 51.8 Å². The Morgan fingerprint density at radius 2 is 1.84 bits per heavy atom. The summed E-state index contributed by atoms with van der Waals surface area (Å²) in [6.07, 6.45) is 1.02. The van der Waals surface area contributed by atoms with Gasteiger partial charge in [0.1, 0.15) is 28.1 Å². The lowest BCUT2D eigenvalue weighted by atomic mass is 9.84. The third-order valence-corrected chi connectivity index (χ3v) is 8.11. The molecule has 1 N–H and O–H groups in total. The number of carbonyl (C=O) groups is 1. The summed E-state index contributed by atoms with van der Waals surface area (Å²) >= 11 is 0. The minimum absolute atomic E-state index is 0.0208. The van der Waals surface area contributed by atoms with E-state index in [9.17, 15) is 18.3 Å². The van der Waals surface area contributed by atoms with Crippen LogP contribution in [-0.2, 0) is 14.6 Å². The number of ether oxygens (including phenoxy) is 2. The summed E-state index contributed by atoms with van der Waals surface area (Å²) in [5, 5.41) is 11.2. The minimum Gasteiger partial charge on any atom is -0.495 e. The lowest BCUT2D eigenvalue weighted by molar-refractivity contribution is -0.147. The molecular weight excluding hydrogens is 430 g/mol. The van der Waals surface area contributed by atoms with Crippen molar-refractivity contribution in [1.82, 2.24) is 4.90 Å². The van der Waals surface area contributed by atoms with E-state index < -0.39 is 27.6 Å². The number of fused-ring (bicyclic) bond motifs is 1. The van der Waals surface area contributed by atoms with Crippen molar-refractivity contribution < 1.29 is 27.8 Å². The fraction of sp³-hybridized carbons (Fsp3) is 0.458. The maximum atomic E-state index is 13.5. The largest absolute Gasteiger partial charge is 0.495 e. The van der Waals surface area contributed by atoms with Crippen molar-refractivity contribution in [3.63, 3.8) is 0 Å². The average molecular weight is 460 g/mol. The number of methoxy groups -OCH3 is 1. The average Bonchev–Trinajstić information content (AvgIpc) is 2.75. The number of piperidine rings is 1. The van der Waals surface area contributed by atoms with Crippen LogP contribution in [0.4, 0.5) is 0 Å². The summed E-state index contributed by atoms with van der Waals surface area (Å²) in [6.45, 7) is 5.90. The maximum Gasteiger partial charge on any atom is 0.223 e. The molecule has 0 aliphatic carbocycles. The first kappa shape index (κ1) is 22.6. The van der Waals surface area contributed by atoms with Crippen LogP contribution in [0.1, 0.15) is 50.3 Å². The molecule has 2 aromatic carbocycles. The Balaban J connectivity index is 1.91. The molecule has 0 saturated carbocycles. The van der Waals surface area contributed by atoms with Gasteiger partial charge < -0.3 is 19.5 Å². The Bertz CT molecular complexity index is 1140. The van der Waals surface area contributed by atoms with E-state index in [-0.39, 0.29) is 21.4 Å². The van der Waals surface area contributed by atoms with Gasteiger partial charge in [0.25, 0.3) is 0 Å². The highest BCUT2D eigenvalue weighted by Crippen LogP contribution is 2.47. The van der Waals surface area contributed by atoms with E-state index in [0.29, 0.717) is 24.3 Å². The van der Waals surface area contributed by atoms with Crippen molar-refractivity contribution in [2.24, 2.45) is 0 Å². The Morgan fingerprint density at radius 3 is 2.47 bits per heavy atom. The summed E-state index contributed by atoms with van der Waals surface area (Å²) in [7, 11) is -2.50. The van der Waals surface area contributed by atoms with Crippen LogP contribution in [0, 0.1) is 6.92 Å². The first-order valence-electron chi connectivity index (χ1n) is 10.8. The van der Waals surface area contributed by atoms with Crippen LogP contribution in [0.15, 0.2) is 46.2 Å². The maximum absolute atomic E-state index is 13.5. The molecule has 2 aliphatic heterocycles. The summed E-state index contributed by atoms with van der Waals surface area (Å²) in [5.74, 6) is 0.506. The highest BCUT2D eigenvalue weighted by atomic mass is 32.2. The van der Waals surface area contributed by atoms with Crippen molar-refractivity contribution in [2.75, 3.05) is 13.7 Å². The predicted octanol–water partition coefficient (Wildman–Crippen LogP) is 3.42. The first-order valence-corrected chi connectivity index (χ1v) is 12.2. The van der Waals surface area contributed by atoms with Crippen LogP contribution in [0.5, 0.6) is 11.5 Å². The van der Waals surface area contributed by atoms with Crippen molar-refractivity contribution in [1.29, 1.82) is 0 Å². The van der Waals surface area contributed by atoms with Crippen molar-refractivity contribution in [3.05, 3.63) is 47.5 Å². The van der Waals surface area contributed by atoms with Gasteiger partial charge in [0, 0.05) is 24.6 Å². The Kier molecular flexibility index (Phi) is 5.71. The molecule has 1 fully saturated rings. The van der Waals surface area contributed by atoms with Gasteiger partial charge in [-0.15, -0.1) is 0 Å². The van der Waals surface area contributed by atoms with Crippen LogP contribution in [0.25, 0.3) is 0 Å². The van der Waals surface area contributed by atoms with Crippen LogP contribution >= 0.6 is 0 Å². The van der Waals surface area contributed by atoms with Gasteiger partial charge in [-0.3, -0.25) is 4.79 Å². The van der Waals surface area contributed by atoms with E-state index >= 15 is 0 Å². The molecule has 0 unspecified atom stereocenters. The molecule has 8 heteroatoms. The lowest BCUT2D eigenvalue weighted by Gasteiger charge is -2.47. The highest BCUT2D eigenvalue weighted by Gasteiger charge is 2.48. The molecule has 0 aromatic heterocycles. The van der Waals surface area contributed by atoms with Crippen molar-refractivity contribution in [3.8, 4) is 11.5 Å². The molecule has 2 aliphatic rings. The molecule has 32 heavy (non-hydrogen) atoms. The van der Waals surface area contributed by atoms with Gasteiger partial charge >= 0.3 is 0 Å². The third kappa shape index (κ3) is 3.75. The van der Waals surface area contributed by atoms with Crippen LogP contribution in [0.2, 0.25) is 0 Å². The van der Waals surface area contributed by atoms with E-state index in [2.05, 4.69) is 0 Å². The number of carbonyl (C=O) groups excluding carboxylic acids is 1. The van der Waals surface area contributed by atoms with Crippen LogP contribution in [-0.4, -0.2) is 49.7 Å². The number of hydrogen-bond acceptors (Lipinski definition) is 6. The number of benzene rings is 2. The molecule has 4 rings (SSSR count). The molecular formula is C24H29NO6S. The van der Waals surface area contributed by atoms with E-state index in [1.165, 1.54) is 13.2 Å².